The number of hydrogen-bond donors (Lipinski definition) is 1. The maximum Gasteiger partial charge on any atom is 0.162 e. The van der Waals surface area contributed by atoms with Crippen LogP contribution in [-0.4, -0.2) is 19.2 Å². The first-order chi connectivity index (χ1) is 13.2. The van der Waals surface area contributed by atoms with Crippen LogP contribution in [0, 0.1) is 0 Å². The summed E-state index contributed by atoms with van der Waals surface area (Å²) in [6.07, 6.45) is 1.81. The zero-order valence-electron chi connectivity index (χ0n) is 15.7. The van der Waals surface area contributed by atoms with Crippen molar-refractivity contribution in [1.29, 1.82) is 0 Å². The summed E-state index contributed by atoms with van der Waals surface area (Å²) < 4.78 is 10.9. The van der Waals surface area contributed by atoms with E-state index in [2.05, 4.69) is 59.7 Å². The van der Waals surface area contributed by atoms with Crippen LogP contribution in [0.2, 0.25) is 0 Å². The predicted molar refractivity (Wildman–Crippen MR) is 111 cm³/mol. The lowest BCUT2D eigenvalue weighted by Crippen LogP contribution is -2.08. The fourth-order valence-electron chi connectivity index (χ4n) is 3.54. The Hall–Kier alpha value is -3.27. The van der Waals surface area contributed by atoms with E-state index in [-0.39, 0.29) is 6.04 Å². The fraction of sp³-hybridized carbons (Fsp3) is 0.174. The largest absolute Gasteiger partial charge is 0.493 e. The molecule has 4 rings (SSSR count). The van der Waals surface area contributed by atoms with Crippen molar-refractivity contribution < 1.29 is 9.47 Å². The topological polar surface area (TPSA) is 43.4 Å². The summed E-state index contributed by atoms with van der Waals surface area (Å²) in [6, 6.07) is 20.9. The van der Waals surface area contributed by atoms with Crippen molar-refractivity contribution >= 4 is 27.4 Å². The number of hydrogen-bond acceptors (Lipinski definition) is 4. The zero-order chi connectivity index (χ0) is 18.8. The van der Waals surface area contributed by atoms with Crippen molar-refractivity contribution in [2.75, 3.05) is 19.5 Å². The zero-order valence-corrected chi connectivity index (χ0v) is 15.7. The molecule has 136 valence electrons. The number of benzene rings is 3. The number of aromatic nitrogens is 1. The molecule has 0 amide bonds. The van der Waals surface area contributed by atoms with Crippen LogP contribution in [0.5, 0.6) is 11.5 Å². The van der Waals surface area contributed by atoms with Gasteiger partial charge in [-0.1, -0.05) is 42.5 Å². The molecule has 1 heterocycles. The number of nitrogens with one attached hydrogen (secondary N) is 1. The second kappa shape index (κ2) is 7.16. The van der Waals surface area contributed by atoms with E-state index >= 15 is 0 Å². The van der Waals surface area contributed by atoms with Gasteiger partial charge in [0.25, 0.3) is 0 Å². The van der Waals surface area contributed by atoms with Gasteiger partial charge < -0.3 is 14.8 Å². The van der Waals surface area contributed by atoms with E-state index in [1.807, 2.05) is 24.4 Å². The third-order valence-corrected chi connectivity index (χ3v) is 4.91. The van der Waals surface area contributed by atoms with Crippen molar-refractivity contribution in [3.8, 4) is 11.5 Å². The van der Waals surface area contributed by atoms with E-state index in [4.69, 9.17) is 9.47 Å². The third kappa shape index (κ3) is 3.14. The SMILES string of the molecule is COc1cc2nccc(N[C@H](C)c3cccc4ccccc34)c2cc1OC. The van der Waals surface area contributed by atoms with Crippen molar-refractivity contribution in [2.45, 2.75) is 13.0 Å². The Morgan fingerprint density at radius 1 is 0.852 bits per heavy atom. The van der Waals surface area contributed by atoms with Gasteiger partial charge in [-0.3, -0.25) is 4.98 Å². The first kappa shape index (κ1) is 17.2. The molecule has 0 saturated carbocycles. The second-order valence-electron chi connectivity index (χ2n) is 6.52. The number of rotatable bonds is 5. The van der Waals surface area contributed by atoms with E-state index in [0.717, 1.165) is 16.6 Å². The third-order valence-electron chi connectivity index (χ3n) is 4.91. The lowest BCUT2D eigenvalue weighted by molar-refractivity contribution is 0.356. The van der Waals surface area contributed by atoms with Crippen molar-refractivity contribution in [3.05, 3.63) is 72.4 Å². The molecule has 0 radical (unpaired) electrons. The van der Waals surface area contributed by atoms with Crippen LogP contribution in [0.4, 0.5) is 5.69 Å². The summed E-state index contributed by atoms with van der Waals surface area (Å²) >= 11 is 0. The maximum atomic E-state index is 5.47. The van der Waals surface area contributed by atoms with Crippen molar-refractivity contribution in [1.82, 2.24) is 4.98 Å². The molecule has 1 atom stereocenters. The van der Waals surface area contributed by atoms with Crippen LogP contribution in [0.15, 0.2) is 66.9 Å². The van der Waals surface area contributed by atoms with Crippen molar-refractivity contribution in [3.63, 3.8) is 0 Å². The van der Waals surface area contributed by atoms with E-state index < -0.39 is 0 Å². The minimum atomic E-state index is 0.134. The molecular formula is C23H22N2O2. The minimum Gasteiger partial charge on any atom is -0.493 e. The molecule has 0 aliphatic carbocycles. The van der Waals surface area contributed by atoms with E-state index in [0.29, 0.717) is 11.5 Å². The monoisotopic (exact) mass is 358 g/mol. The minimum absolute atomic E-state index is 0.134. The van der Waals surface area contributed by atoms with Gasteiger partial charge in [0.15, 0.2) is 11.5 Å². The lowest BCUT2D eigenvalue weighted by atomic mass is 9.99. The lowest BCUT2D eigenvalue weighted by Gasteiger charge is -2.19. The number of methoxy groups -OCH3 is 2. The van der Waals surface area contributed by atoms with E-state index in [1.54, 1.807) is 14.2 Å². The average Bonchev–Trinajstić information content (AvgIpc) is 2.72. The summed E-state index contributed by atoms with van der Waals surface area (Å²) in [4.78, 5) is 4.48. The quantitative estimate of drug-likeness (QED) is 0.506. The highest BCUT2D eigenvalue weighted by Gasteiger charge is 2.13. The molecule has 0 saturated heterocycles. The molecule has 0 bridgehead atoms. The summed E-state index contributed by atoms with van der Waals surface area (Å²) in [5.41, 5.74) is 3.14. The van der Waals surface area contributed by atoms with Crippen LogP contribution >= 0.6 is 0 Å². The fourth-order valence-corrected chi connectivity index (χ4v) is 3.54. The number of nitrogens with zero attached hydrogens (tertiary/aromatic N) is 1. The Kier molecular flexibility index (Phi) is 4.55. The molecule has 1 N–H and O–H groups in total. The molecule has 0 spiro atoms. The van der Waals surface area contributed by atoms with Gasteiger partial charge in [-0.05, 0) is 35.4 Å². The van der Waals surface area contributed by atoms with Crippen LogP contribution < -0.4 is 14.8 Å². The van der Waals surface area contributed by atoms with Crippen LogP contribution in [0.25, 0.3) is 21.7 Å². The Morgan fingerprint density at radius 2 is 1.59 bits per heavy atom. The molecule has 4 nitrogen and oxygen atoms in total. The first-order valence-corrected chi connectivity index (χ1v) is 8.96. The molecule has 0 fully saturated rings. The summed E-state index contributed by atoms with van der Waals surface area (Å²) in [7, 11) is 3.28. The predicted octanol–water partition coefficient (Wildman–Crippen LogP) is 5.58. The summed E-state index contributed by atoms with van der Waals surface area (Å²) in [6.45, 7) is 2.18. The van der Waals surface area contributed by atoms with Gasteiger partial charge in [0, 0.05) is 29.4 Å². The normalized spacial score (nSPS) is 12.1. The Morgan fingerprint density at radius 3 is 2.41 bits per heavy atom. The number of pyridine rings is 1. The van der Waals surface area contributed by atoms with Gasteiger partial charge in [-0.25, -0.2) is 0 Å². The van der Waals surface area contributed by atoms with Gasteiger partial charge >= 0.3 is 0 Å². The standard InChI is InChI=1S/C23H22N2O2/c1-15(17-10-6-8-16-7-4-5-9-18(16)17)25-20-11-12-24-21-14-23(27-3)22(26-2)13-19(20)21/h4-15H,1-3H3,(H,24,25)/t15-/m1/s1. The molecule has 4 aromatic rings. The highest BCUT2D eigenvalue weighted by molar-refractivity contribution is 5.94. The molecule has 3 aromatic carbocycles. The number of fused-ring (bicyclic) bond motifs is 2. The van der Waals surface area contributed by atoms with Crippen LogP contribution in [0.1, 0.15) is 18.5 Å². The summed E-state index contributed by atoms with van der Waals surface area (Å²) in [5.74, 6) is 1.37. The molecule has 27 heavy (non-hydrogen) atoms. The molecule has 1 aromatic heterocycles. The molecular weight excluding hydrogens is 336 g/mol. The Bertz CT molecular complexity index is 1100. The highest BCUT2D eigenvalue weighted by Crippen LogP contribution is 2.36. The number of ether oxygens (including phenoxy) is 2. The van der Waals surface area contributed by atoms with Crippen LogP contribution in [-0.2, 0) is 0 Å². The Labute approximate surface area is 158 Å². The number of anilines is 1. The Balaban J connectivity index is 1.76. The van der Waals surface area contributed by atoms with E-state index in [9.17, 15) is 0 Å². The van der Waals surface area contributed by atoms with Gasteiger partial charge in [-0.15, -0.1) is 0 Å². The molecule has 0 unspecified atom stereocenters. The maximum absolute atomic E-state index is 5.47. The highest BCUT2D eigenvalue weighted by atomic mass is 16.5. The average molecular weight is 358 g/mol. The summed E-state index contributed by atoms with van der Waals surface area (Å²) in [5, 5.41) is 7.15. The van der Waals surface area contributed by atoms with Gasteiger partial charge in [0.05, 0.1) is 19.7 Å². The molecule has 4 heteroatoms. The van der Waals surface area contributed by atoms with Gasteiger partial charge in [-0.2, -0.15) is 0 Å². The van der Waals surface area contributed by atoms with E-state index in [1.165, 1.54) is 16.3 Å². The smallest absolute Gasteiger partial charge is 0.162 e. The van der Waals surface area contributed by atoms with Gasteiger partial charge in [0.1, 0.15) is 0 Å². The second-order valence-corrected chi connectivity index (χ2v) is 6.52. The molecule has 0 aliphatic heterocycles. The van der Waals surface area contributed by atoms with Crippen LogP contribution in [0.3, 0.4) is 0 Å². The first-order valence-electron chi connectivity index (χ1n) is 8.96. The van der Waals surface area contributed by atoms with Crippen molar-refractivity contribution in [2.24, 2.45) is 0 Å². The molecule has 0 aliphatic rings. The van der Waals surface area contributed by atoms with Gasteiger partial charge in [0.2, 0.25) is 0 Å².